The number of thiazole rings is 2. The second kappa shape index (κ2) is 23.8. The summed E-state index contributed by atoms with van der Waals surface area (Å²) in [5, 5.41) is 13.0. The van der Waals surface area contributed by atoms with Crippen LogP contribution < -0.4 is 16.0 Å². The Bertz CT molecular complexity index is 2880. The van der Waals surface area contributed by atoms with Gasteiger partial charge in [-0.15, -0.1) is 45.3 Å². The molecule has 0 saturated heterocycles. The summed E-state index contributed by atoms with van der Waals surface area (Å²) >= 11 is 6.27. The van der Waals surface area contributed by atoms with Crippen molar-refractivity contribution in [2.75, 3.05) is 36.8 Å². The molecule has 6 aromatic rings. The Balaban J connectivity index is 0.000000214. The number of benzene rings is 2. The lowest BCUT2D eigenvalue weighted by Crippen LogP contribution is -2.39. The maximum absolute atomic E-state index is 13.1. The molecule has 73 heavy (non-hydrogen) atoms. The van der Waals surface area contributed by atoms with Crippen LogP contribution in [0, 0.1) is 0 Å². The van der Waals surface area contributed by atoms with Gasteiger partial charge in [0.15, 0.2) is 0 Å². The molecule has 0 fully saturated rings. The number of thiophene rings is 2. The minimum absolute atomic E-state index is 0.0224. The largest absolute Gasteiger partial charge is 0.444 e. The van der Waals surface area contributed by atoms with E-state index in [1.54, 1.807) is 55.6 Å². The van der Waals surface area contributed by atoms with Crippen molar-refractivity contribution in [3.63, 3.8) is 0 Å². The first kappa shape index (κ1) is 55.3. The topological polar surface area (TPSA) is 175 Å². The van der Waals surface area contributed by atoms with E-state index < -0.39 is 11.2 Å². The maximum atomic E-state index is 13.1. The van der Waals surface area contributed by atoms with Crippen LogP contribution >= 0.6 is 45.3 Å². The highest BCUT2D eigenvalue weighted by atomic mass is 32.1. The molecule has 0 saturated carbocycles. The Morgan fingerprint density at radius 1 is 0.671 bits per heavy atom. The lowest BCUT2D eigenvalue weighted by atomic mass is 10.0. The number of rotatable bonds is 14. The minimum atomic E-state index is -0.568. The van der Waals surface area contributed by atoms with Crippen molar-refractivity contribution in [3.8, 4) is 21.1 Å². The van der Waals surface area contributed by atoms with Crippen LogP contribution in [0.1, 0.15) is 123 Å². The fraction of sp³-hybridized carbons (Fsp3) is 0.500. The first-order chi connectivity index (χ1) is 34.6. The van der Waals surface area contributed by atoms with Gasteiger partial charge in [0, 0.05) is 78.9 Å². The van der Waals surface area contributed by atoms with Gasteiger partial charge in [-0.05, 0) is 116 Å². The summed E-state index contributed by atoms with van der Waals surface area (Å²) in [4.78, 5) is 80.6. The van der Waals surface area contributed by atoms with Crippen molar-refractivity contribution in [2.24, 2.45) is 0 Å². The SMILES string of the molecule is CCC(C)N(CCC(=O)Nc1sc2c(c1-c1nc3ccccc3s1)CCN(C(=O)OC(C)(C)C)C2)C(C)=O.CCC(C)NCCC(=O)Nc1sc2c(c1-c1nc3ccccc3s1)CCN(C(=O)OC(C)(C)C)C2. The number of para-hydroxylation sites is 2. The molecule has 0 spiro atoms. The quantitative estimate of drug-likeness (QED) is 0.0952. The summed E-state index contributed by atoms with van der Waals surface area (Å²) in [6, 6.07) is 16.5. The lowest BCUT2D eigenvalue weighted by molar-refractivity contribution is -0.131. The fourth-order valence-electron chi connectivity index (χ4n) is 8.44. The van der Waals surface area contributed by atoms with Gasteiger partial charge < -0.3 is 40.1 Å². The van der Waals surface area contributed by atoms with Gasteiger partial charge in [0.2, 0.25) is 17.7 Å². The van der Waals surface area contributed by atoms with Gasteiger partial charge in [-0.2, -0.15) is 0 Å². The number of anilines is 2. The third-order valence-electron chi connectivity index (χ3n) is 12.5. The first-order valence-corrected chi connectivity index (χ1v) is 28.4. The van der Waals surface area contributed by atoms with Gasteiger partial charge in [-0.3, -0.25) is 14.4 Å². The predicted octanol–water partition coefficient (Wildman–Crippen LogP) is 12.3. The van der Waals surface area contributed by atoms with Gasteiger partial charge in [0.25, 0.3) is 0 Å². The zero-order valence-corrected chi connectivity index (χ0v) is 47.3. The highest BCUT2D eigenvalue weighted by Gasteiger charge is 2.34. The Morgan fingerprint density at radius 3 is 1.53 bits per heavy atom. The van der Waals surface area contributed by atoms with Crippen LogP contribution in [0.25, 0.3) is 41.6 Å². The molecule has 5 amide bonds. The molecule has 0 radical (unpaired) electrons. The Labute approximate surface area is 445 Å². The smallest absolute Gasteiger partial charge is 0.410 e. The average molecular weight is 1070 g/mol. The van der Waals surface area contributed by atoms with Crippen LogP contribution in [0.15, 0.2) is 48.5 Å². The van der Waals surface area contributed by atoms with Crippen molar-refractivity contribution < 1.29 is 33.4 Å². The van der Waals surface area contributed by atoms with E-state index in [1.807, 2.05) is 97.9 Å². The maximum Gasteiger partial charge on any atom is 0.410 e. The van der Waals surface area contributed by atoms with E-state index in [4.69, 9.17) is 19.4 Å². The van der Waals surface area contributed by atoms with Crippen LogP contribution in [-0.2, 0) is 49.8 Å². The van der Waals surface area contributed by atoms with Crippen LogP contribution in [0.3, 0.4) is 0 Å². The summed E-state index contributed by atoms with van der Waals surface area (Å²) in [6.07, 6.45) is 3.16. The number of hydrogen-bond donors (Lipinski definition) is 3. The predicted molar refractivity (Wildman–Crippen MR) is 298 cm³/mol. The van der Waals surface area contributed by atoms with Crippen LogP contribution in [-0.4, -0.2) is 104 Å². The first-order valence-electron chi connectivity index (χ1n) is 25.2. The molecule has 2 aliphatic rings. The molecule has 0 aliphatic carbocycles. The fourth-order valence-corrected chi connectivity index (χ4v) is 13.2. The lowest BCUT2D eigenvalue weighted by Gasteiger charge is -2.30. The number of aromatic nitrogens is 2. The van der Waals surface area contributed by atoms with Gasteiger partial charge in [0.1, 0.15) is 31.2 Å². The van der Waals surface area contributed by atoms with Crippen molar-refractivity contribution >= 4 is 106 Å². The van der Waals surface area contributed by atoms with Crippen molar-refractivity contribution in [1.82, 2.24) is 30.0 Å². The van der Waals surface area contributed by atoms with Gasteiger partial charge in [0.05, 0.1) is 33.5 Å². The Hall–Kier alpha value is -5.47. The highest BCUT2D eigenvalue weighted by Crippen LogP contribution is 2.47. The highest BCUT2D eigenvalue weighted by molar-refractivity contribution is 7.23. The van der Waals surface area contributed by atoms with E-state index in [0.29, 0.717) is 64.6 Å². The molecule has 392 valence electrons. The number of nitrogens with one attached hydrogen (secondary N) is 3. The standard InChI is InChI=1S/C28H36N4O4S2.C26H34N4O3S2/c1-7-17(2)32(18(3)33)15-13-23(34)30-26-24(25-29-20-10-8-9-11-21(20)37-25)19-12-14-31(16-22(19)38-26)27(35)36-28(4,5)6;1-6-16(2)27-13-11-21(31)29-24-22(23-28-18-9-7-8-10-19(18)34-23)17-12-14-30(15-20(17)35-24)25(32)33-26(3,4)5/h8-11,17H,7,12-16H2,1-6H3,(H,30,34);7-10,16,27H,6,11-15H2,1-5H3,(H,29,31). The molecule has 2 atom stereocenters. The van der Waals surface area contributed by atoms with E-state index in [0.717, 1.165) is 79.7 Å². The van der Waals surface area contributed by atoms with Crippen LogP contribution in [0.2, 0.25) is 0 Å². The molecule has 2 aliphatic heterocycles. The normalized spacial score (nSPS) is 14.4. The summed E-state index contributed by atoms with van der Waals surface area (Å²) in [7, 11) is 0. The average Bonchev–Trinajstić information content (AvgIpc) is 4.12. The van der Waals surface area contributed by atoms with Crippen LogP contribution in [0.5, 0.6) is 0 Å². The van der Waals surface area contributed by atoms with Crippen molar-refractivity contribution in [2.45, 2.75) is 151 Å². The van der Waals surface area contributed by atoms with Crippen molar-refractivity contribution in [3.05, 3.63) is 69.4 Å². The second-order valence-corrected chi connectivity index (χ2v) is 24.8. The Kier molecular flexibility index (Phi) is 18.0. The molecular formula is C54H70N8O7S4. The zero-order chi connectivity index (χ0) is 52.8. The summed E-state index contributed by atoms with van der Waals surface area (Å²) in [5.41, 5.74) is 4.99. The molecule has 2 unspecified atom stereocenters. The number of fused-ring (bicyclic) bond motifs is 4. The van der Waals surface area contributed by atoms with E-state index >= 15 is 0 Å². The molecule has 15 nitrogen and oxygen atoms in total. The van der Waals surface area contributed by atoms with E-state index in [9.17, 15) is 24.0 Å². The monoisotopic (exact) mass is 1070 g/mol. The minimum Gasteiger partial charge on any atom is -0.444 e. The van der Waals surface area contributed by atoms with E-state index in [1.165, 1.54) is 16.9 Å². The molecule has 4 aromatic heterocycles. The van der Waals surface area contributed by atoms with Gasteiger partial charge in [-0.25, -0.2) is 19.6 Å². The summed E-state index contributed by atoms with van der Waals surface area (Å²) < 4.78 is 13.4. The third kappa shape index (κ3) is 14.2. The molecule has 19 heteroatoms. The summed E-state index contributed by atoms with van der Waals surface area (Å²) in [5.74, 6) is -0.202. The van der Waals surface area contributed by atoms with E-state index in [-0.39, 0.29) is 42.4 Å². The molecule has 0 bridgehead atoms. The van der Waals surface area contributed by atoms with Gasteiger partial charge in [-0.1, -0.05) is 38.1 Å². The molecule has 6 heterocycles. The molecule has 3 N–H and O–H groups in total. The number of carbonyl (C=O) groups is 5. The van der Waals surface area contributed by atoms with Crippen LogP contribution in [0.4, 0.5) is 19.6 Å². The van der Waals surface area contributed by atoms with Crippen molar-refractivity contribution in [1.29, 1.82) is 0 Å². The number of nitrogens with zero attached hydrogens (tertiary/aromatic N) is 5. The number of hydrogen-bond acceptors (Lipinski definition) is 14. The number of carbonyl (C=O) groups excluding carboxylic acids is 5. The van der Waals surface area contributed by atoms with E-state index in [2.05, 4.69) is 35.9 Å². The number of ether oxygens (including phenoxy) is 2. The Morgan fingerprint density at radius 2 is 1.12 bits per heavy atom. The molecule has 8 rings (SSSR count). The second-order valence-electron chi connectivity index (χ2n) is 20.5. The zero-order valence-electron chi connectivity index (χ0n) is 44.0. The number of amides is 5. The third-order valence-corrected chi connectivity index (χ3v) is 16.9. The summed E-state index contributed by atoms with van der Waals surface area (Å²) in [6.45, 7) is 24.0. The molecular weight excluding hydrogens is 1000 g/mol. The van der Waals surface area contributed by atoms with Gasteiger partial charge >= 0.3 is 12.2 Å². The molecule has 2 aromatic carbocycles.